The monoisotopic (exact) mass is 156 g/mol. The van der Waals surface area contributed by atoms with Crippen molar-refractivity contribution in [2.24, 2.45) is 0 Å². The van der Waals surface area contributed by atoms with Gasteiger partial charge < -0.3 is 14.5 Å². The van der Waals surface area contributed by atoms with Crippen LogP contribution in [-0.2, 0) is 16.1 Å². The van der Waals surface area contributed by atoms with E-state index >= 15 is 0 Å². The molecule has 0 aliphatic rings. The van der Waals surface area contributed by atoms with E-state index in [1.807, 2.05) is 6.92 Å². The fraction of sp³-hybridized carbons (Fsp3) is 0.571. The predicted octanol–water partition coefficient (Wildman–Crippen LogP) is 0.919. The lowest BCUT2D eigenvalue weighted by Crippen LogP contribution is -2.10. The van der Waals surface area contributed by atoms with Gasteiger partial charge in [0.2, 0.25) is 0 Å². The molecule has 1 heterocycles. The summed E-state index contributed by atoms with van der Waals surface area (Å²) in [5.74, 6) is 0.814. The van der Waals surface area contributed by atoms with E-state index < -0.39 is 0 Å². The Labute approximate surface area is 65.5 Å². The van der Waals surface area contributed by atoms with Crippen molar-refractivity contribution in [3.63, 3.8) is 0 Å². The van der Waals surface area contributed by atoms with Gasteiger partial charge in [0.1, 0.15) is 12.4 Å². The summed E-state index contributed by atoms with van der Waals surface area (Å²) >= 11 is 0. The zero-order valence-corrected chi connectivity index (χ0v) is 6.70. The van der Waals surface area contributed by atoms with E-state index in [-0.39, 0.29) is 6.29 Å². The van der Waals surface area contributed by atoms with Crippen LogP contribution < -0.4 is 0 Å². The molecule has 0 amide bonds. The highest BCUT2D eigenvalue weighted by Gasteiger charge is 1.99. The third kappa shape index (κ3) is 2.69. The molecule has 1 aromatic heterocycles. The highest BCUT2D eigenvalue weighted by Crippen LogP contribution is 1.96. The Balaban J connectivity index is 2.23. The number of nitrogens with one attached hydrogen (secondary N) is 1. The van der Waals surface area contributed by atoms with Crippen molar-refractivity contribution >= 4 is 0 Å². The number of hydrogen-bond acceptors (Lipinski definition) is 3. The molecule has 1 rings (SSSR count). The maximum atomic E-state index is 5.22. The van der Waals surface area contributed by atoms with Gasteiger partial charge in [-0.05, 0) is 6.92 Å². The van der Waals surface area contributed by atoms with E-state index in [4.69, 9.17) is 9.47 Å². The van der Waals surface area contributed by atoms with Crippen LogP contribution in [0, 0.1) is 0 Å². The average Bonchev–Trinajstić information content (AvgIpc) is 2.52. The molecule has 1 unspecified atom stereocenters. The summed E-state index contributed by atoms with van der Waals surface area (Å²) in [7, 11) is 1.60. The average molecular weight is 156 g/mol. The maximum absolute atomic E-state index is 5.22. The summed E-state index contributed by atoms with van der Waals surface area (Å²) < 4.78 is 10.1. The fourth-order valence-electron chi connectivity index (χ4n) is 0.641. The summed E-state index contributed by atoms with van der Waals surface area (Å²) in [6.45, 7) is 2.30. The largest absolute Gasteiger partial charge is 0.356 e. The van der Waals surface area contributed by atoms with Crippen LogP contribution in [0.15, 0.2) is 12.4 Å². The molecule has 0 saturated heterocycles. The standard InChI is InChI=1S/C7H12N2O2/c1-6(10-2)11-5-7-8-3-4-9-7/h3-4,6H,5H2,1-2H3,(H,8,9). The minimum absolute atomic E-state index is 0.180. The van der Waals surface area contributed by atoms with E-state index in [0.29, 0.717) is 6.61 Å². The molecule has 0 fully saturated rings. The Morgan fingerprint density at radius 1 is 1.73 bits per heavy atom. The van der Waals surface area contributed by atoms with Crippen LogP contribution in [0.3, 0.4) is 0 Å². The second-order valence-electron chi connectivity index (χ2n) is 2.15. The summed E-state index contributed by atoms with van der Waals surface area (Å²) in [4.78, 5) is 6.91. The van der Waals surface area contributed by atoms with Crippen LogP contribution in [0.4, 0.5) is 0 Å². The number of H-pyrrole nitrogens is 1. The molecule has 0 radical (unpaired) electrons. The zero-order valence-electron chi connectivity index (χ0n) is 6.70. The number of methoxy groups -OCH3 is 1. The third-order valence-electron chi connectivity index (χ3n) is 1.34. The summed E-state index contributed by atoms with van der Waals surface area (Å²) in [6.07, 6.45) is 3.27. The van der Waals surface area contributed by atoms with E-state index in [9.17, 15) is 0 Å². The van der Waals surface area contributed by atoms with Crippen molar-refractivity contribution in [2.45, 2.75) is 19.8 Å². The van der Waals surface area contributed by atoms with E-state index in [1.165, 1.54) is 0 Å². The molecule has 0 bridgehead atoms. The van der Waals surface area contributed by atoms with Crippen LogP contribution in [0.1, 0.15) is 12.7 Å². The molecule has 1 N–H and O–H groups in total. The molecule has 4 nitrogen and oxygen atoms in total. The van der Waals surface area contributed by atoms with Crippen LogP contribution in [0.2, 0.25) is 0 Å². The lowest BCUT2D eigenvalue weighted by molar-refractivity contribution is -0.120. The van der Waals surface area contributed by atoms with Gasteiger partial charge >= 0.3 is 0 Å². The normalized spacial score (nSPS) is 13.3. The first kappa shape index (κ1) is 8.23. The Hall–Kier alpha value is -0.870. The second kappa shape index (κ2) is 4.10. The first-order chi connectivity index (χ1) is 5.33. The van der Waals surface area contributed by atoms with Crippen molar-refractivity contribution in [1.29, 1.82) is 0 Å². The number of aromatic amines is 1. The zero-order chi connectivity index (χ0) is 8.10. The Morgan fingerprint density at radius 3 is 3.09 bits per heavy atom. The highest BCUT2D eigenvalue weighted by atomic mass is 16.7. The minimum Gasteiger partial charge on any atom is -0.356 e. The van der Waals surface area contributed by atoms with E-state index in [1.54, 1.807) is 19.5 Å². The van der Waals surface area contributed by atoms with Crippen LogP contribution >= 0.6 is 0 Å². The van der Waals surface area contributed by atoms with E-state index in [2.05, 4.69) is 9.97 Å². The highest BCUT2D eigenvalue weighted by molar-refractivity contribution is 4.83. The molecule has 4 heteroatoms. The maximum Gasteiger partial charge on any atom is 0.155 e. The van der Waals surface area contributed by atoms with Crippen LogP contribution in [0.5, 0.6) is 0 Å². The topological polar surface area (TPSA) is 47.1 Å². The number of rotatable bonds is 4. The third-order valence-corrected chi connectivity index (χ3v) is 1.34. The van der Waals surface area contributed by atoms with Crippen molar-refractivity contribution < 1.29 is 9.47 Å². The van der Waals surface area contributed by atoms with Crippen molar-refractivity contribution in [3.8, 4) is 0 Å². The Bertz CT molecular complexity index is 186. The molecule has 0 aliphatic carbocycles. The summed E-state index contributed by atoms with van der Waals surface area (Å²) in [6, 6.07) is 0. The van der Waals surface area contributed by atoms with Gasteiger partial charge in [0.15, 0.2) is 6.29 Å². The number of hydrogen-bond donors (Lipinski definition) is 1. The van der Waals surface area contributed by atoms with Crippen LogP contribution in [0.25, 0.3) is 0 Å². The Kier molecular flexibility index (Phi) is 3.07. The minimum atomic E-state index is -0.180. The van der Waals surface area contributed by atoms with Gasteiger partial charge in [-0.15, -0.1) is 0 Å². The lowest BCUT2D eigenvalue weighted by atomic mass is 10.6. The van der Waals surface area contributed by atoms with Gasteiger partial charge in [0.05, 0.1) is 0 Å². The SMILES string of the molecule is COC(C)OCc1ncc[nH]1. The van der Waals surface area contributed by atoms with Gasteiger partial charge in [-0.1, -0.05) is 0 Å². The number of aromatic nitrogens is 2. The first-order valence-electron chi connectivity index (χ1n) is 3.45. The molecule has 1 aromatic rings. The number of imidazole rings is 1. The first-order valence-corrected chi connectivity index (χ1v) is 3.45. The Morgan fingerprint density at radius 2 is 2.55 bits per heavy atom. The van der Waals surface area contributed by atoms with Gasteiger partial charge in [-0.25, -0.2) is 4.98 Å². The summed E-state index contributed by atoms with van der Waals surface area (Å²) in [5.41, 5.74) is 0. The van der Waals surface area contributed by atoms with Crippen molar-refractivity contribution in [2.75, 3.05) is 7.11 Å². The number of nitrogens with zero attached hydrogens (tertiary/aromatic N) is 1. The molecule has 1 atom stereocenters. The smallest absolute Gasteiger partial charge is 0.155 e. The van der Waals surface area contributed by atoms with Gasteiger partial charge in [0.25, 0.3) is 0 Å². The van der Waals surface area contributed by atoms with Crippen molar-refractivity contribution in [1.82, 2.24) is 9.97 Å². The lowest BCUT2D eigenvalue weighted by Gasteiger charge is -2.08. The van der Waals surface area contributed by atoms with Gasteiger partial charge in [-0.3, -0.25) is 0 Å². The summed E-state index contributed by atoms with van der Waals surface area (Å²) in [5, 5.41) is 0. The molecule has 0 saturated carbocycles. The fourth-order valence-corrected chi connectivity index (χ4v) is 0.641. The second-order valence-corrected chi connectivity index (χ2v) is 2.15. The quantitative estimate of drug-likeness (QED) is 0.659. The molecular formula is C7H12N2O2. The van der Waals surface area contributed by atoms with Gasteiger partial charge in [-0.2, -0.15) is 0 Å². The molecule has 0 spiro atoms. The molecular weight excluding hydrogens is 144 g/mol. The van der Waals surface area contributed by atoms with E-state index in [0.717, 1.165) is 5.82 Å². The predicted molar refractivity (Wildman–Crippen MR) is 39.8 cm³/mol. The molecule has 62 valence electrons. The molecule has 11 heavy (non-hydrogen) atoms. The van der Waals surface area contributed by atoms with Gasteiger partial charge in [0, 0.05) is 19.5 Å². The molecule has 0 aromatic carbocycles. The van der Waals surface area contributed by atoms with Crippen LogP contribution in [-0.4, -0.2) is 23.4 Å². The van der Waals surface area contributed by atoms with Crippen molar-refractivity contribution in [3.05, 3.63) is 18.2 Å². The molecule has 0 aliphatic heterocycles. The number of ether oxygens (including phenoxy) is 2.